The molecule has 1 nitrogen and oxygen atoms in total. The van der Waals surface area contributed by atoms with Crippen molar-refractivity contribution in [3.63, 3.8) is 0 Å². The number of hydrogen-bond donors (Lipinski definition) is 1. The van der Waals surface area contributed by atoms with Crippen molar-refractivity contribution >= 4 is 0 Å². The van der Waals surface area contributed by atoms with E-state index in [2.05, 4.69) is 132 Å². The zero-order chi connectivity index (χ0) is 24.4. The summed E-state index contributed by atoms with van der Waals surface area (Å²) in [5, 5.41) is 0. The first-order valence-electron chi connectivity index (χ1n) is 8.03. The summed E-state index contributed by atoms with van der Waals surface area (Å²) in [4.78, 5) is 0. The summed E-state index contributed by atoms with van der Waals surface area (Å²) in [6.07, 6.45) is 5.12. The van der Waals surface area contributed by atoms with Gasteiger partial charge in [0.05, 0.1) is 0 Å². The molecule has 0 aliphatic heterocycles. The van der Waals surface area contributed by atoms with Gasteiger partial charge in [-0.1, -0.05) is 26.2 Å². The Balaban J connectivity index is -0.0000000153. The molecular weight excluding hydrogens is 314 g/mol. The molecule has 2 N–H and O–H groups in total. The van der Waals surface area contributed by atoms with E-state index in [1.165, 1.54) is 25.7 Å². The summed E-state index contributed by atoms with van der Waals surface area (Å²) in [5.74, 6) is 0. The molecule has 0 aromatic heterocycles. The summed E-state index contributed by atoms with van der Waals surface area (Å²) in [6, 6.07) is 0.404. The van der Waals surface area contributed by atoms with Gasteiger partial charge in [-0.2, -0.15) is 0 Å². The van der Waals surface area contributed by atoms with E-state index in [1.807, 2.05) is 0 Å². The molecule has 0 spiro atoms. The second-order valence-corrected chi connectivity index (χ2v) is 2.47. The highest BCUT2D eigenvalue weighted by Gasteiger charge is 1.90. The maximum Gasteiger partial charge on any atom is 0.00104 e. The van der Waals surface area contributed by atoms with Crippen LogP contribution in [0.15, 0.2) is 118 Å². The van der Waals surface area contributed by atoms with Gasteiger partial charge < -0.3 is 5.73 Å². The first kappa shape index (κ1) is 65.1. The van der Waals surface area contributed by atoms with Crippen LogP contribution in [-0.2, 0) is 0 Å². The fraction of sp³-hybridized carbons (Fsp3) is 0.280. The summed E-state index contributed by atoms with van der Waals surface area (Å²) in [6.45, 7) is 58.3. The van der Waals surface area contributed by atoms with Crippen LogP contribution in [0.4, 0.5) is 0 Å². The smallest absolute Gasteiger partial charge is 0.00104 e. The van der Waals surface area contributed by atoms with E-state index in [4.69, 9.17) is 5.73 Å². The summed E-state index contributed by atoms with van der Waals surface area (Å²) < 4.78 is 0. The Morgan fingerprint density at radius 3 is 0.808 bits per heavy atom. The monoisotopic (exact) mass is 367 g/mol. The molecule has 0 amide bonds. The molecule has 0 aromatic rings. The van der Waals surface area contributed by atoms with E-state index >= 15 is 0 Å². The maximum absolute atomic E-state index is 5.53. The van der Waals surface area contributed by atoms with Gasteiger partial charge >= 0.3 is 0 Å². The molecule has 158 valence electrons. The normalized spacial score (nSPS) is 5.65. The molecule has 1 unspecified atom stereocenters. The second kappa shape index (κ2) is 495. The molecule has 0 bridgehead atoms. The largest absolute Gasteiger partial charge is 0.328 e. The molecule has 0 aromatic carbocycles. The van der Waals surface area contributed by atoms with E-state index in [0.717, 1.165) is 0 Å². The first-order valence-corrected chi connectivity index (χ1v) is 8.03. The van der Waals surface area contributed by atoms with Crippen LogP contribution in [0.3, 0.4) is 0 Å². The fourth-order valence-corrected chi connectivity index (χ4v) is 0.716. The van der Waals surface area contributed by atoms with Gasteiger partial charge in [0.1, 0.15) is 0 Å². The van der Waals surface area contributed by atoms with Crippen molar-refractivity contribution in [3.8, 4) is 0 Å². The van der Waals surface area contributed by atoms with E-state index in [0.29, 0.717) is 6.04 Å². The van der Waals surface area contributed by atoms with Crippen LogP contribution in [0.25, 0.3) is 0 Å². The first-order chi connectivity index (χ1) is 12.8. The van der Waals surface area contributed by atoms with E-state index < -0.39 is 0 Å². The minimum atomic E-state index is 0.404. The van der Waals surface area contributed by atoms with Gasteiger partial charge in [0, 0.05) is 6.04 Å². The number of nitrogens with two attached hydrogens (primary N) is 1. The van der Waals surface area contributed by atoms with Gasteiger partial charge in [0.25, 0.3) is 0 Å². The fourth-order valence-electron chi connectivity index (χ4n) is 0.716. The van der Waals surface area contributed by atoms with E-state index in [9.17, 15) is 0 Å². The highest BCUT2D eigenvalue weighted by atomic mass is 14.6. The Labute approximate surface area is 170 Å². The van der Waals surface area contributed by atoms with Crippen molar-refractivity contribution < 1.29 is 0 Å². The number of rotatable bonds is 4. The molecule has 0 heterocycles. The Morgan fingerprint density at radius 2 is 0.692 bits per heavy atom. The molecular formula is C25H53N. The molecule has 0 radical (unpaired) electrons. The maximum atomic E-state index is 5.53. The van der Waals surface area contributed by atoms with Gasteiger partial charge in [-0.3, -0.25) is 0 Å². The molecule has 1 atom stereocenters. The van der Waals surface area contributed by atoms with Gasteiger partial charge in [-0.25, -0.2) is 0 Å². The molecule has 0 aliphatic rings. The van der Waals surface area contributed by atoms with Crippen molar-refractivity contribution in [2.24, 2.45) is 5.73 Å². The topological polar surface area (TPSA) is 26.0 Å². The van der Waals surface area contributed by atoms with Crippen molar-refractivity contribution in [3.05, 3.63) is 118 Å². The quantitative estimate of drug-likeness (QED) is 0.389. The third-order valence-corrected chi connectivity index (χ3v) is 1.26. The van der Waals surface area contributed by atoms with Crippen LogP contribution in [-0.4, -0.2) is 6.04 Å². The van der Waals surface area contributed by atoms with Crippen LogP contribution in [0.1, 0.15) is 39.5 Å². The SMILES string of the molecule is C=C.C=C.C=C.C=C.C=C.C=C.C=C.C=C.C=C.CCCCCC(C)N. The Bertz CT molecular complexity index is 104. The highest BCUT2D eigenvalue weighted by Crippen LogP contribution is 1.99. The van der Waals surface area contributed by atoms with Crippen LogP contribution in [0, 0.1) is 0 Å². The summed E-state index contributed by atoms with van der Waals surface area (Å²) >= 11 is 0. The molecule has 0 fully saturated rings. The van der Waals surface area contributed by atoms with Gasteiger partial charge in [0.2, 0.25) is 0 Å². The lowest BCUT2D eigenvalue weighted by atomic mass is 10.1. The Morgan fingerprint density at radius 1 is 0.500 bits per heavy atom. The average Bonchev–Trinajstić information content (AvgIpc) is 2.81. The van der Waals surface area contributed by atoms with E-state index in [1.54, 1.807) is 0 Å². The Kier molecular flexibility index (Phi) is 1240. The second-order valence-electron chi connectivity index (χ2n) is 2.47. The van der Waals surface area contributed by atoms with Crippen LogP contribution in [0.5, 0.6) is 0 Å². The van der Waals surface area contributed by atoms with Crippen LogP contribution >= 0.6 is 0 Å². The molecule has 1 heteroatoms. The van der Waals surface area contributed by atoms with E-state index in [-0.39, 0.29) is 0 Å². The third-order valence-electron chi connectivity index (χ3n) is 1.26. The van der Waals surface area contributed by atoms with Crippen molar-refractivity contribution in [1.29, 1.82) is 0 Å². The van der Waals surface area contributed by atoms with Gasteiger partial charge in [-0.15, -0.1) is 118 Å². The van der Waals surface area contributed by atoms with Crippen LogP contribution in [0.2, 0.25) is 0 Å². The zero-order valence-electron chi connectivity index (χ0n) is 18.7. The van der Waals surface area contributed by atoms with Crippen molar-refractivity contribution in [2.45, 2.75) is 45.6 Å². The minimum absolute atomic E-state index is 0.404. The molecule has 26 heavy (non-hydrogen) atoms. The van der Waals surface area contributed by atoms with Crippen molar-refractivity contribution in [2.75, 3.05) is 0 Å². The molecule has 0 aliphatic carbocycles. The molecule has 0 saturated carbocycles. The van der Waals surface area contributed by atoms with Gasteiger partial charge in [-0.05, 0) is 13.3 Å². The zero-order valence-corrected chi connectivity index (χ0v) is 18.7. The number of hydrogen-bond acceptors (Lipinski definition) is 1. The predicted molar refractivity (Wildman–Crippen MR) is 139 cm³/mol. The van der Waals surface area contributed by atoms with Crippen LogP contribution < -0.4 is 5.73 Å². The number of unbranched alkanes of at least 4 members (excludes halogenated alkanes) is 2. The molecule has 0 rings (SSSR count). The molecule has 0 saturated heterocycles. The minimum Gasteiger partial charge on any atom is -0.328 e. The predicted octanol–water partition coefficient (Wildman–Crippen LogP) is 9.13. The lowest BCUT2D eigenvalue weighted by molar-refractivity contribution is 0.592. The lowest BCUT2D eigenvalue weighted by Crippen LogP contribution is -2.13. The van der Waals surface area contributed by atoms with Crippen molar-refractivity contribution in [1.82, 2.24) is 0 Å². The standard InChI is InChI=1S/C7H17N.9C2H4/c1-3-4-5-6-7(2)8;9*1-2/h7H,3-6,8H2,1-2H3;9*1-2H2. The summed E-state index contributed by atoms with van der Waals surface area (Å²) in [7, 11) is 0. The Hall–Kier alpha value is -2.38. The highest BCUT2D eigenvalue weighted by molar-refractivity contribution is 4.51. The lowest BCUT2D eigenvalue weighted by Gasteiger charge is -2.01. The van der Waals surface area contributed by atoms with Gasteiger partial charge in [0.15, 0.2) is 0 Å². The third kappa shape index (κ3) is 1340. The average molecular weight is 368 g/mol. The summed E-state index contributed by atoms with van der Waals surface area (Å²) in [5.41, 5.74) is 5.53.